The Labute approximate surface area is 208 Å². The van der Waals surface area contributed by atoms with Crippen molar-refractivity contribution in [2.45, 2.75) is 6.61 Å². The van der Waals surface area contributed by atoms with Crippen LogP contribution in [0.15, 0.2) is 101 Å². The summed E-state index contributed by atoms with van der Waals surface area (Å²) < 4.78 is 11.7. The second-order valence-corrected chi connectivity index (χ2v) is 9.05. The van der Waals surface area contributed by atoms with Gasteiger partial charge in [0.15, 0.2) is 16.7 Å². The van der Waals surface area contributed by atoms with Crippen molar-refractivity contribution in [3.63, 3.8) is 0 Å². The van der Waals surface area contributed by atoms with E-state index in [9.17, 15) is 4.79 Å². The molecule has 1 amide bonds. The van der Waals surface area contributed by atoms with Gasteiger partial charge < -0.3 is 9.47 Å². The third-order valence-corrected chi connectivity index (χ3v) is 6.79. The van der Waals surface area contributed by atoms with Crippen LogP contribution in [0.1, 0.15) is 11.1 Å². The minimum atomic E-state index is -0.0834. The van der Waals surface area contributed by atoms with E-state index >= 15 is 0 Å². The number of aliphatic imine (C=N–C) groups is 1. The highest BCUT2D eigenvalue weighted by Crippen LogP contribution is 2.35. The number of benzene rings is 4. The molecule has 6 heteroatoms. The molecule has 0 saturated carbocycles. The normalized spacial score (nSPS) is 15.8. The number of methoxy groups -OCH3 is 1. The van der Waals surface area contributed by atoms with E-state index in [1.807, 2.05) is 72.8 Å². The molecule has 1 aliphatic rings. The maximum atomic E-state index is 12.8. The van der Waals surface area contributed by atoms with Crippen LogP contribution in [0.4, 0.5) is 5.69 Å². The lowest BCUT2D eigenvalue weighted by Crippen LogP contribution is -2.23. The zero-order valence-electron chi connectivity index (χ0n) is 19.5. The molecule has 4 aromatic carbocycles. The SMILES string of the molecule is COc1cc(/C=C2/SC(=Nc3ccccc3)N(C)C2=O)ccc1OCc1cccc2ccccc12. The number of rotatable bonds is 6. The predicted octanol–water partition coefficient (Wildman–Crippen LogP) is 6.66. The van der Waals surface area contributed by atoms with Gasteiger partial charge in [-0.15, -0.1) is 0 Å². The van der Waals surface area contributed by atoms with Crippen LogP contribution in [0.3, 0.4) is 0 Å². The van der Waals surface area contributed by atoms with E-state index in [4.69, 9.17) is 9.47 Å². The van der Waals surface area contributed by atoms with Crippen molar-refractivity contribution in [3.8, 4) is 11.5 Å². The first kappa shape index (κ1) is 22.7. The Kier molecular flexibility index (Phi) is 6.55. The highest BCUT2D eigenvalue weighted by atomic mass is 32.2. The monoisotopic (exact) mass is 480 g/mol. The lowest BCUT2D eigenvalue weighted by atomic mass is 10.1. The van der Waals surface area contributed by atoms with Crippen molar-refractivity contribution < 1.29 is 14.3 Å². The van der Waals surface area contributed by atoms with Crippen LogP contribution in [0.5, 0.6) is 11.5 Å². The van der Waals surface area contributed by atoms with Gasteiger partial charge in [0.25, 0.3) is 5.91 Å². The van der Waals surface area contributed by atoms with Gasteiger partial charge >= 0.3 is 0 Å². The van der Waals surface area contributed by atoms with Gasteiger partial charge in [-0.25, -0.2) is 4.99 Å². The minimum Gasteiger partial charge on any atom is -0.493 e. The Hall–Kier alpha value is -4.03. The summed E-state index contributed by atoms with van der Waals surface area (Å²) in [6, 6.07) is 29.8. The largest absolute Gasteiger partial charge is 0.493 e. The number of nitrogens with zero attached hydrogens (tertiary/aromatic N) is 2. The summed E-state index contributed by atoms with van der Waals surface area (Å²) in [6.07, 6.45) is 1.86. The molecule has 0 bridgehead atoms. The molecule has 1 aliphatic heterocycles. The summed E-state index contributed by atoms with van der Waals surface area (Å²) in [5.74, 6) is 1.18. The van der Waals surface area contributed by atoms with Crippen molar-refractivity contribution in [2.24, 2.45) is 4.99 Å². The lowest BCUT2D eigenvalue weighted by Gasteiger charge is -2.13. The number of amidine groups is 1. The van der Waals surface area contributed by atoms with Crippen molar-refractivity contribution in [1.82, 2.24) is 4.90 Å². The van der Waals surface area contributed by atoms with E-state index < -0.39 is 0 Å². The molecule has 0 unspecified atom stereocenters. The Morgan fingerprint density at radius 3 is 2.51 bits per heavy atom. The molecule has 0 aliphatic carbocycles. The van der Waals surface area contributed by atoms with Gasteiger partial charge in [-0.05, 0) is 64.0 Å². The summed E-state index contributed by atoms with van der Waals surface area (Å²) in [5.41, 5.74) is 2.77. The first-order valence-electron chi connectivity index (χ1n) is 11.2. The number of carbonyl (C=O) groups is 1. The Bertz CT molecular complexity index is 1440. The zero-order valence-corrected chi connectivity index (χ0v) is 20.3. The minimum absolute atomic E-state index is 0.0834. The molecule has 4 aromatic rings. The standard InChI is InChI=1S/C29H24N2O3S/c1-31-28(32)27(35-29(31)30-23-12-4-3-5-13-23)18-20-15-16-25(26(17-20)33-2)34-19-22-11-8-10-21-9-6-7-14-24(21)22/h3-18H,19H2,1-2H3/b27-18+,30-29?. The van der Waals surface area contributed by atoms with E-state index in [-0.39, 0.29) is 5.91 Å². The van der Waals surface area contributed by atoms with Crippen LogP contribution in [0, 0.1) is 0 Å². The first-order valence-corrected chi connectivity index (χ1v) is 12.0. The number of thioether (sulfide) groups is 1. The molecule has 0 aromatic heterocycles. The van der Waals surface area contributed by atoms with Gasteiger partial charge in [0, 0.05) is 7.05 Å². The Morgan fingerprint density at radius 2 is 1.69 bits per heavy atom. The zero-order chi connectivity index (χ0) is 24.2. The molecule has 0 spiro atoms. The van der Waals surface area contributed by atoms with Crippen LogP contribution >= 0.6 is 11.8 Å². The third kappa shape index (κ3) is 4.93. The van der Waals surface area contributed by atoms with Gasteiger partial charge in [-0.3, -0.25) is 9.69 Å². The molecule has 35 heavy (non-hydrogen) atoms. The molecule has 174 valence electrons. The second kappa shape index (κ2) is 10.1. The molecule has 0 N–H and O–H groups in total. The maximum Gasteiger partial charge on any atom is 0.266 e. The van der Waals surface area contributed by atoms with E-state index in [0.29, 0.717) is 28.2 Å². The van der Waals surface area contributed by atoms with Crippen LogP contribution in [0.25, 0.3) is 16.8 Å². The molecular formula is C29H24N2O3S. The van der Waals surface area contributed by atoms with Crippen LogP contribution < -0.4 is 9.47 Å². The van der Waals surface area contributed by atoms with Crippen molar-refractivity contribution >= 4 is 45.4 Å². The fraction of sp³-hybridized carbons (Fsp3) is 0.103. The number of para-hydroxylation sites is 1. The van der Waals surface area contributed by atoms with Crippen LogP contribution in [-0.4, -0.2) is 30.1 Å². The number of ether oxygens (including phenoxy) is 2. The molecule has 0 atom stereocenters. The number of likely N-dealkylation sites (N-methyl/N-ethyl adjacent to an activating group) is 1. The highest BCUT2D eigenvalue weighted by Gasteiger charge is 2.30. The number of carbonyl (C=O) groups excluding carboxylic acids is 1. The summed E-state index contributed by atoms with van der Waals surface area (Å²) in [4.78, 5) is 19.6. The molecule has 5 nitrogen and oxygen atoms in total. The summed E-state index contributed by atoms with van der Waals surface area (Å²) in [6.45, 7) is 0.427. The number of hydrogen-bond donors (Lipinski definition) is 0. The molecule has 1 fully saturated rings. The average molecular weight is 481 g/mol. The van der Waals surface area contributed by atoms with Gasteiger partial charge in [0.1, 0.15) is 6.61 Å². The van der Waals surface area contributed by atoms with Gasteiger partial charge in [-0.2, -0.15) is 0 Å². The average Bonchev–Trinajstić information content (AvgIpc) is 3.15. The van der Waals surface area contributed by atoms with Crippen LogP contribution in [-0.2, 0) is 11.4 Å². The van der Waals surface area contributed by atoms with E-state index in [0.717, 1.165) is 16.8 Å². The van der Waals surface area contributed by atoms with Gasteiger partial charge in [0.05, 0.1) is 17.7 Å². The first-order chi connectivity index (χ1) is 17.1. The quantitative estimate of drug-likeness (QED) is 0.290. The molecule has 5 rings (SSSR count). The maximum absolute atomic E-state index is 12.8. The molecule has 1 heterocycles. The third-order valence-electron chi connectivity index (χ3n) is 5.73. The Balaban J connectivity index is 1.35. The van der Waals surface area contributed by atoms with E-state index in [2.05, 4.69) is 29.3 Å². The van der Waals surface area contributed by atoms with Crippen molar-refractivity contribution in [2.75, 3.05) is 14.2 Å². The summed E-state index contributed by atoms with van der Waals surface area (Å²) >= 11 is 1.36. The van der Waals surface area contributed by atoms with E-state index in [1.165, 1.54) is 22.5 Å². The van der Waals surface area contributed by atoms with Crippen LogP contribution in [0.2, 0.25) is 0 Å². The molecule has 0 radical (unpaired) electrons. The number of amides is 1. The lowest BCUT2D eigenvalue weighted by molar-refractivity contribution is -0.121. The highest BCUT2D eigenvalue weighted by molar-refractivity contribution is 8.18. The fourth-order valence-electron chi connectivity index (χ4n) is 3.88. The van der Waals surface area contributed by atoms with Crippen molar-refractivity contribution in [1.29, 1.82) is 0 Å². The van der Waals surface area contributed by atoms with Gasteiger partial charge in [-0.1, -0.05) is 66.7 Å². The fourth-order valence-corrected chi connectivity index (χ4v) is 4.87. The number of fused-ring (bicyclic) bond motifs is 1. The van der Waals surface area contributed by atoms with Gasteiger partial charge in [0.2, 0.25) is 0 Å². The van der Waals surface area contributed by atoms with Crippen molar-refractivity contribution in [3.05, 3.63) is 107 Å². The molecular weight excluding hydrogens is 456 g/mol. The second-order valence-electron chi connectivity index (χ2n) is 8.04. The smallest absolute Gasteiger partial charge is 0.266 e. The number of hydrogen-bond acceptors (Lipinski definition) is 5. The summed E-state index contributed by atoms with van der Waals surface area (Å²) in [5, 5.41) is 3.00. The van der Waals surface area contributed by atoms with E-state index in [1.54, 1.807) is 19.1 Å². The Morgan fingerprint density at radius 1 is 0.914 bits per heavy atom. The summed E-state index contributed by atoms with van der Waals surface area (Å²) in [7, 11) is 3.35. The molecule has 1 saturated heterocycles. The predicted molar refractivity (Wildman–Crippen MR) is 143 cm³/mol. The topological polar surface area (TPSA) is 51.1 Å².